The van der Waals surface area contributed by atoms with Crippen LogP contribution in [0.4, 0.5) is 10.3 Å². The van der Waals surface area contributed by atoms with Gasteiger partial charge in [0, 0.05) is 25.9 Å². The number of methoxy groups -OCH3 is 1. The van der Waals surface area contributed by atoms with E-state index < -0.39 is 0 Å². The Kier molecular flexibility index (Phi) is 3.88. The van der Waals surface area contributed by atoms with Gasteiger partial charge in [-0.1, -0.05) is 0 Å². The van der Waals surface area contributed by atoms with Gasteiger partial charge in [0.2, 0.25) is 5.95 Å². The van der Waals surface area contributed by atoms with E-state index in [-0.39, 0.29) is 5.82 Å². The van der Waals surface area contributed by atoms with Crippen LogP contribution >= 0.6 is 0 Å². The summed E-state index contributed by atoms with van der Waals surface area (Å²) in [7, 11) is 1.63. The lowest BCUT2D eigenvalue weighted by Gasteiger charge is -2.08. The molecule has 2 heterocycles. The standard InChI is InChI=1S/C12H15FN4O/c1-9-8-17(11-5-10(13)6-14-7-11)12(16-9)15-3-4-18-2/h5-8H,3-4H2,1-2H3,(H,15,16). The highest BCUT2D eigenvalue weighted by Gasteiger charge is 2.08. The van der Waals surface area contributed by atoms with Crippen LogP contribution in [-0.2, 0) is 4.74 Å². The van der Waals surface area contributed by atoms with E-state index in [0.29, 0.717) is 24.8 Å². The van der Waals surface area contributed by atoms with E-state index >= 15 is 0 Å². The van der Waals surface area contributed by atoms with Crippen molar-refractivity contribution in [3.8, 4) is 5.69 Å². The van der Waals surface area contributed by atoms with Crippen LogP contribution in [0.5, 0.6) is 0 Å². The highest BCUT2D eigenvalue weighted by molar-refractivity contribution is 5.41. The number of halogens is 1. The van der Waals surface area contributed by atoms with E-state index in [1.54, 1.807) is 17.9 Å². The first-order chi connectivity index (χ1) is 8.70. The van der Waals surface area contributed by atoms with Gasteiger partial charge >= 0.3 is 0 Å². The van der Waals surface area contributed by atoms with Crippen molar-refractivity contribution in [2.24, 2.45) is 0 Å². The summed E-state index contributed by atoms with van der Waals surface area (Å²) in [6.07, 6.45) is 4.59. The Balaban J connectivity index is 2.26. The Morgan fingerprint density at radius 3 is 3.00 bits per heavy atom. The molecule has 0 aliphatic carbocycles. The smallest absolute Gasteiger partial charge is 0.207 e. The maximum absolute atomic E-state index is 13.2. The van der Waals surface area contributed by atoms with E-state index in [9.17, 15) is 4.39 Å². The maximum Gasteiger partial charge on any atom is 0.207 e. The third kappa shape index (κ3) is 2.84. The number of hydrogen-bond donors (Lipinski definition) is 1. The zero-order chi connectivity index (χ0) is 13.0. The van der Waals surface area contributed by atoms with Crippen molar-refractivity contribution in [3.05, 3.63) is 36.2 Å². The lowest BCUT2D eigenvalue weighted by atomic mass is 10.4. The summed E-state index contributed by atoms with van der Waals surface area (Å²) in [5.41, 5.74) is 1.48. The second-order valence-electron chi connectivity index (χ2n) is 3.86. The molecule has 0 saturated carbocycles. The van der Waals surface area contributed by atoms with Crippen molar-refractivity contribution < 1.29 is 9.13 Å². The fraction of sp³-hybridized carbons (Fsp3) is 0.333. The summed E-state index contributed by atoms with van der Waals surface area (Å²) in [6.45, 7) is 3.09. The minimum Gasteiger partial charge on any atom is -0.383 e. The second kappa shape index (κ2) is 5.59. The Labute approximate surface area is 105 Å². The zero-order valence-corrected chi connectivity index (χ0v) is 10.4. The zero-order valence-electron chi connectivity index (χ0n) is 10.4. The van der Waals surface area contributed by atoms with Crippen molar-refractivity contribution in [2.45, 2.75) is 6.92 Å². The summed E-state index contributed by atoms with van der Waals surface area (Å²) in [5, 5.41) is 3.13. The van der Waals surface area contributed by atoms with E-state index in [4.69, 9.17) is 4.74 Å². The molecule has 6 heteroatoms. The number of rotatable bonds is 5. The quantitative estimate of drug-likeness (QED) is 0.822. The number of aromatic nitrogens is 3. The van der Waals surface area contributed by atoms with E-state index in [1.165, 1.54) is 12.3 Å². The molecule has 0 radical (unpaired) electrons. The van der Waals surface area contributed by atoms with Gasteiger partial charge in [0.25, 0.3) is 0 Å². The molecule has 0 saturated heterocycles. The maximum atomic E-state index is 13.2. The number of aryl methyl sites for hydroxylation is 1. The molecular weight excluding hydrogens is 235 g/mol. The normalized spacial score (nSPS) is 10.6. The van der Waals surface area contributed by atoms with Crippen LogP contribution in [0, 0.1) is 12.7 Å². The van der Waals surface area contributed by atoms with Crippen LogP contribution < -0.4 is 5.32 Å². The molecule has 2 aromatic heterocycles. The van der Waals surface area contributed by atoms with Crippen LogP contribution in [0.1, 0.15) is 5.69 Å². The first kappa shape index (κ1) is 12.5. The molecule has 96 valence electrons. The van der Waals surface area contributed by atoms with Crippen LogP contribution in [0.3, 0.4) is 0 Å². The Morgan fingerprint density at radius 2 is 2.28 bits per heavy atom. The second-order valence-corrected chi connectivity index (χ2v) is 3.86. The molecule has 0 bridgehead atoms. The fourth-order valence-electron chi connectivity index (χ4n) is 1.62. The van der Waals surface area contributed by atoms with Gasteiger partial charge in [0.1, 0.15) is 5.82 Å². The minimum atomic E-state index is -0.373. The van der Waals surface area contributed by atoms with Gasteiger partial charge in [-0.3, -0.25) is 9.55 Å². The van der Waals surface area contributed by atoms with Gasteiger partial charge in [-0.15, -0.1) is 0 Å². The first-order valence-electron chi connectivity index (χ1n) is 5.60. The molecule has 0 amide bonds. The SMILES string of the molecule is COCCNc1nc(C)cn1-c1cncc(F)c1. The van der Waals surface area contributed by atoms with Crippen molar-refractivity contribution in [2.75, 3.05) is 25.6 Å². The molecule has 18 heavy (non-hydrogen) atoms. The molecule has 2 aromatic rings. The number of nitrogens with zero attached hydrogens (tertiary/aromatic N) is 3. The molecule has 5 nitrogen and oxygen atoms in total. The number of nitrogens with one attached hydrogen (secondary N) is 1. The highest BCUT2D eigenvalue weighted by atomic mass is 19.1. The average molecular weight is 250 g/mol. The molecule has 2 rings (SSSR count). The van der Waals surface area contributed by atoms with Gasteiger partial charge in [-0.2, -0.15) is 0 Å². The topological polar surface area (TPSA) is 52.0 Å². The van der Waals surface area contributed by atoms with Gasteiger partial charge < -0.3 is 10.1 Å². The fourth-order valence-corrected chi connectivity index (χ4v) is 1.62. The molecular formula is C12H15FN4O. The minimum absolute atomic E-state index is 0.373. The summed E-state index contributed by atoms with van der Waals surface area (Å²) in [5.74, 6) is 0.277. The molecule has 0 unspecified atom stereocenters. The predicted octanol–water partition coefficient (Wildman–Crippen LogP) is 1.77. The lowest BCUT2D eigenvalue weighted by molar-refractivity contribution is 0.210. The number of pyridine rings is 1. The van der Waals surface area contributed by atoms with E-state index in [1.807, 2.05) is 13.1 Å². The van der Waals surface area contributed by atoms with Crippen molar-refractivity contribution in [3.63, 3.8) is 0 Å². The summed E-state index contributed by atoms with van der Waals surface area (Å²) < 4.78 is 19.9. The van der Waals surface area contributed by atoms with Gasteiger partial charge in [-0.05, 0) is 6.92 Å². The first-order valence-corrected chi connectivity index (χ1v) is 5.60. The molecule has 0 aliphatic rings. The molecule has 0 fully saturated rings. The molecule has 0 atom stereocenters. The summed E-state index contributed by atoms with van der Waals surface area (Å²) in [6, 6.07) is 1.41. The summed E-state index contributed by atoms with van der Waals surface area (Å²) in [4.78, 5) is 8.17. The molecule has 1 N–H and O–H groups in total. The van der Waals surface area contributed by atoms with Crippen molar-refractivity contribution in [1.82, 2.24) is 14.5 Å². The summed E-state index contributed by atoms with van der Waals surface area (Å²) >= 11 is 0. The van der Waals surface area contributed by atoms with Crippen molar-refractivity contribution in [1.29, 1.82) is 0 Å². The van der Waals surface area contributed by atoms with E-state index in [2.05, 4.69) is 15.3 Å². The Bertz CT molecular complexity index is 527. The largest absolute Gasteiger partial charge is 0.383 e. The van der Waals surface area contributed by atoms with Crippen LogP contribution in [-0.4, -0.2) is 34.8 Å². The van der Waals surface area contributed by atoms with E-state index in [0.717, 1.165) is 5.69 Å². The highest BCUT2D eigenvalue weighted by Crippen LogP contribution is 2.16. The van der Waals surface area contributed by atoms with Crippen LogP contribution in [0.2, 0.25) is 0 Å². The number of imidazole rings is 1. The molecule has 0 aromatic carbocycles. The van der Waals surface area contributed by atoms with Gasteiger partial charge in [0.15, 0.2) is 0 Å². The predicted molar refractivity (Wildman–Crippen MR) is 66.4 cm³/mol. The number of hydrogen-bond acceptors (Lipinski definition) is 4. The average Bonchev–Trinajstić information content (AvgIpc) is 2.71. The third-order valence-electron chi connectivity index (χ3n) is 2.38. The van der Waals surface area contributed by atoms with Gasteiger partial charge in [-0.25, -0.2) is 9.37 Å². The monoisotopic (exact) mass is 250 g/mol. The van der Waals surface area contributed by atoms with Crippen molar-refractivity contribution >= 4 is 5.95 Å². The van der Waals surface area contributed by atoms with Crippen LogP contribution in [0.15, 0.2) is 24.7 Å². The Morgan fingerprint density at radius 1 is 1.44 bits per heavy atom. The van der Waals surface area contributed by atoms with Crippen LogP contribution in [0.25, 0.3) is 5.69 Å². The number of ether oxygens (including phenoxy) is 1. The molecule has 0 spiro atoms. The number of anilines is 1. The Hall–Kier alpha value is -1.95. The third-order valence-corrected chi connectivity index (χ3v) is 2.38. The van der Waals surface area contributed by atoms with Gasteiger partial charge in [0.05, 0.1) is 30.4 Å². The molecule has 0 aliphatic heterocycles. The lowest BCUT2D eigenvalue weighted by Crippen LogP contribution is -2.11.